The Kier molecular flexibility index (Phi) is 4.39. The van der Waals surface area contributed by atoms with Gasteiger partial charge in [0.15, 0.2) is 18.4 Å². The van der Waals surface area contributed by atoms with Crippen LogP contribution in [0, 0.1) is 0 Å². The molecule has 0 aromatic rings. The lowest BCUT2D eigenvalue weighted by atomic mass is 9.98. The molecule has 1 unspecified atom stereocenters. The zero-order chi connectivity index (χ0) is 18.0. The van der Waals surface area contributed by atoms with Gasteiger partial charge in [0.1, 0.15) is 10.8 Å². The van der Waals surface area contributed by atoms with Crippen molar-refractivity contribution in [1.29, 1.82) is 0 Å². The molecule has 2 saturated heterocycles. The number of carbonyl (C=O) groups excluding carboxylic acids is 3. The Bertz CT molecular complexity index is 688. The van der Waals surface area contributed by atoms with Crippen LogP contribution in [-0.4, -0.2) is 56.8 Å². The predicted octanol–water partition coefficient (Wildman–Crippen LogP) is 0.669. The van der Waals surface area contributed by atoms with Crippen LogP contribution in [0.2, 0.25) is 0 Å². The first-order valence-corrected chi connectivity index (χ1v) is 9.71. The molecule has 0 saturated carbocycles. The monoisotopic (exact) mass is 475 g/mol. The first-order valence-electron chi connectivity index (χ1n) is 6.58. The van der Waals surface area contributed by atoms with Crippen LogP contribution >= 0.6 is 31.9 Å². The van der Waals surface area contributed by atoms with Crippen LogP contribution in [0.25, 0.3) is 0 Å². The first-order chi connectivity index (χ1) is 10.3. The van der Waals surface area contributed by atoms with E-state index >= 15 is 0 Å². The Hall–Kier alpha value is -0.680. The van der Waals surface area contributed by atoms with Gasteiger partial charge in [-0.05, 0) is 13.8 Å². The summed E-state index contributed by atoms with van der Waals surface area (Å²) in [7, 11) is -3.86. The number of nitrogens with zero attached hydrogens (tertiary/aromatic N) is 1. The van der Waals surface area contributed by atoms with Gasteiger partial charge in [-0.25, -0.2) is 13.2 Å². The molecule has 0 radical (unpaired) electrons. The van der Waals surface area contributed by atoms with Gasteiger partial charge in [-0.1, -0.05) is 31.9 Å². The van der Waals surface area contributed by atoms with E-state index < -0.39 is 53.4 Å². The zero-order valence-electron chi connectivity index (χ0n) is 12.7. The Morgan fingerprint density at radius 3 is 2.26 bits per heavy atom. The molecule has 11 heteroatoms. The second-order valence-corrected chi connectivity index (χ2v) is 12.0. The van der Waals surface area contributed by atoms with Gasteiger partial charge >= 0.3 is 11.9 Å². The summed E-state index contributed by atoms with van der Waals surface area (Å²) >= 11 is 6.10. The van der Waals surface area contributed by atoms with Crippen LogP contribution in [0.15, 0.2) is 0 Å². The van der Waals surface area contributed by atoms with Crippen LogP contribution < -0.4 is 0 Å². The fourth-order valence-corrected chi connectivity index (χ4v) is 7.18. The van der Waals surface area contributed by atoms with E-state index in [0.717, 1.165) is 11.8 Å². The van der Waals surface area contributed by atoms with Crippen LogP contribution in [0.4, 0.5) is 0 Å². The van der Waals surface area contributed by atoms with Crippen molar-refractivity contribution in [3.05, 3.63) is 0 Å². The Labute approximate surface area is 150 Å². The number of sulfone groups is 1. The van der Waals surface area contributed by atoms with E-state index in [9.17, 15) is 22.8 Å². The number of esters is 2. The highest BCUT2D eigenvalue weighted by Crippen LogP contribution is 2.56. The number of carbonyl (C=O) groups is 3. The molecule has 0 N–H and O–H groups in total. The Morgan fingerprint density at radius 1 is 1.26 bits per heavy atom. The van der Waals surface area contributed by atoms with E-state index in [2.05, 4.69) is 31.9 Å². The number of alkyl halides is 2. The molecule has 1 amide bonds. The minimum atomic E-state index is -3.86. The van der Waals surface area contributed by atoms with Crippen LogP contribution in [-0.2, 0) is 33.7 Å². The molecular weight excluding hydrogens is 462 g/mol. The zero-order valence-corrected chi connectivity index (χ0v) is 16.7. The SMILES string of the molecule is CC(=O)OC(C)OC(=O)[C@@H]1N2C(=O)C(Br)(Br)[C@H]2S(=O)(=O)C1(C)C. The topological polar surface area (TPSA) is 107 Å². The summed E-state index contributed by atoms with van der Waals surface area (Å²) in [6.07, 6.45) is -1.19. The normalized spacial score (nSPS) is 30.9. The van der Waals surface area contributed by atoms with E-state index in [1.54, 1.807) is 0 Å². The number of amides is 1. The van der Waals surface area contributed by atoms with Gasteiger partial charge < -0.3 is 14.4 Å². The number of fused-ring (bicyclic) bond motifs is 1. The van der Waals surface area contributed by atoms with Crippen molar-refractivity contribution in [3.63, 3.8) is 0 Å². The Morgan fingerprint density at radius 2 is 1.78 bits per heavy atom. The molecule has 0 aromatic heterocycles. The number of rotatable bonds is 3. The highest BCUT2D eigenvalue weighted by atomic mass is 79.9. The first kappa shape index (κ1) is 18.7. The second-order valence-electron chi connectivity index (χ2n) is 5.85. The van der Waals surface area contributed by atoms with Gasteiger partial charge in [0.2, 0.25) is 6.29 Å². The maximum absolute atomic E-state index is 12.7. The average Bonchev–Trinajstić information content (AvgIpc) is 2.50. The van der Waals surface area contributed by atoms with Crippen molar-refractivity contribution in [2.45, 2.75) is 53.4 Å². The van der Waals surface area contributed by atoms with Crippen LogP contribution in [0.3, 0.4) is 0 Å². The summed E-state index contributed by atoms with van der Waals surface area (Å²) in [5.74, 6) is -2.18. The van der Waals surface area contributed by atoms with Gasteiger partial charge in [0.25, 0.3) is 5.91 Å². The van der Waals surface area contributed by atoms with E-state index in [1.165, 1.54) is 20.8 Å². The maximum atomic E-state index is 12.7. The summed E-state index contributed by atoms with van der Waals surface area (Å²) in [4.78, 5) is 36.4. The van der Waals surface area contributed by atoms with Crippen molar-refractivity contribution in [2.24, 2.45) is 0 Å². The molecule has 0 bridgehead atoms. The van der Waals surface area contributed by atoms with E-state index in [1.807, 2.05) is 0 Å². The smallest absolute Gasteiger partial charge is 0.333 e. The largest absolute Gasteiger partial charge is 0.426 e. The summed E-state index contributed by atoms with van der Waals surface area (Å²) in [5, 5.41) is -1.22. The molecule has 2 heterocycles. The molecular formula is C12H15Br2NO7S. The summed E-state index contributed by atoms with van der Waals surface area (Å²) in [5.41, 5.74) is 0. The summed E-state index contributed by atoms with van der Waals surface area (Å²) in [6.45, 7) is 5.18. The maximum Gasteiger partial charge on any atom is 0.333 e. The minimum Gasteiger partial charge on any atom is -0.426 e. The van der Waals surface area contributed by atoms with Crippen molar-refractivity contribution < 1.29 is 32.3 Å². The molecule has 130 valence electrons. The number of hydrogen-bond acceptors (Lipinski definition) is 7. The standard InChI is InChI=1S/C12H15Br2NO7S/c1-5(16)21-6(2)22-8(17)7-11(3,4)23(19,20)10-12(13,14)9(18)15(7)10/h6-7,10H,1-4H3/t6?,7-,10+/m0/s1. The molecule has 0 spiro atoms. The molecule has 8 nitrogen and oxygen atoms in total. The number of hydrogen-bond donors (Lipinski definition) is 0. The van der Waals surface area contributed by atoms with Crippen molar-refractivity contribution >= 4 is 59.5 Å². The fraction of sp³-hybridized carbons (Fsp3) is 0.750. The molecule has 2 rings (SSSR count). The Balaban J connectivity index is 2.34. The lowest BCUT2D eigenvalue weighted by molar-refractivity contribution is -0.189. The van der Waals surface area contributed by atoms with Gasteiger partial charge in [0, 0.05) is 13.8 Å². The van der Waals surface area contributed by atoms with E-state index in [0.29, 0.717) is 0 Å². The van der Waals surface area contributed by atoms with Gasteiger partial charge in [-0.3, -0.25) is 9.59 Å². The van der Waals surface area contributed by atoms with Crippen molar-refractivity contribution in [2.75, 3.05) is 0 Å². The van der Waals surface area contributed by atoms with Gasteiger partial charge in [-0.2, -0.15) is 0 Å². The molecule has 0 aliphatic carbocycles. The van der Waals surface area contributed by atoms with Crippen molar-refractivity contribution in [3.8, 4) is 0 Å². The van der Waals surface area contributed by atoms with Gasteiger partial charge in [0.05, 0.1) is 0 Å². The number of halogens is 2. The summed E-state index contributed by atoms with van der Waals surface area (Å²) in [6, 6.07) is -1.33. The quantitative estimate of drug-likeness (QED) is 0.255. The fourth-order valence-electron chi connectivity index (χ4n) is 2.75. The van der Waals surface area contributed by atoms with Gasteiger partial charge in [-0.15, -0.1) is 0 Å². The third-order valence-electron chi connectivity index (χ3n) is 3.88. The predicted molar refractivity (Wildman–Crippen MR) is 85.3 cm³/mol. The molecule has 2 aliphatic rings. The van der Waals surface area contributed by atoms with Crippen LogP contribution in [0.1, 0.15) is 27.7 Å². The molecule has 23 heavy (non-hydrogen) atoms. The van der Waals surface area contributed by atoms with E-state index in [-0.39, 0.29) is 0 Å². The highest BCUT2D eigenvalue weighted by molar-refractivity contribution is 9.26. The third kappa shape index (κ3) is 2.51. The molecule has 0 aromatic carbocycles. The molecule has 2 fully saturated rings. The second kappa shape index (κ2) is 5.41. The highest BCUT2D eigenvalue weighted by Gasteiger charge is 2.77. The molecule has 2 aliphatic heterocycles. The van der Waals surface area contributed by atoms with E-state index in [4.69, 9.17) is 9.47 Å². The van der Waals surface area contributed by atoms with Crippen molar-refractivity contribution in [1.82, 2.24) is 4.90 Å². The lowest BCUT2D eigenvalue weighted by Gasteiger charge is -2.45. The molecule has 3 atom stereocenters. The van der Waals surface area contributed by atoms with Crippen LogP contribution in [0.5, 0.6) is 0 Å². The third-order valence-corrected chi connectivity index (χ3v) is 8.89. The summed E-state index contributed by atoms with van der Waals surface area (Å²) < 4.78 is 32.0. The minimum absolute atomic E-state index is 0.585. The number of ether oxygens (including phenoxy) is 2. The lowest BCUT2D eigenvalue weighted by Crippen LogP contribution is -2.69. The average molecular weight is 477 g/mol. The number of β-lactam (4-membered cyclic amide) rings is 1.